The van der Waals surface area contributed by atoms with Gasteiger partial charge in [-0.25, -0.2) is 8.42 Å². The molecule has 1 aromatic rings. The number of piperidine rings is 1. The molecule has 0 aromatic heterocycles. The maximum atomic E-state index is 12.6. The first kappa shape index (κ1) is 13.1. The van der Waals surface area contributed by atoms with Crippen molar-refractivity contribution in [2.24, 2.45) is 5.92 Å². The molecule has 4 nitrogen and oxygen atoms in total. The highest BCUT2D eigenvalue weighted by Crippen LogP contribution is 2.28. The normalized spacial score (nSPS) is 28.3. The molecule has 0 amide bonds. The van der Waals surface area contributed by atoms with Crippen molar-refractivity contribution in [1.29, 1.82) is 0 Å². The van der Waals surface area contributed by atoms with Crippen molar-refractivity contribution in [1.82, 2.24) is 9.62 Å². The van der Waals surface area contributed by atoms with Crippen LogP contribution >= 0.6 is 0 Å². The van der Waals surface area contributed by atoms with E-state index in [2.05, 4.69) is 5.32 Å². The second-order valence-electron chi connectivity index (χ2n) is 5.57. The molecule has 1 N–H and O–H groups in total. The lowest BCUT2D eigenvalue weighted by molar-refractivity contribution is 0.249. The zero-order valence-corrected chi connectivity index (χ0v) is 12.0. The topological polar surface area (TPSA) is 49.4 Å². The first-order chi connectivity index (χ1) is 9.07. The van der Waals surface area contributed by atoms with E-state index in [4.69, 9.17) is 0 Å². The van der Waals surface area contributed by atoms with Crippen LogP contribution in [0.3, 0.4) is 0 Å². The Morgan fingerprint density at radius 1 is 1.21 bits per heavy atom. The molecule has 2 atom stereocenters. The second kappa shape index (κ2) is 4.89. The zero-order chi connectivity index (χ0) is 13.5. The fourth-order valence-corrected chi connectivity index (χ4v) is 4.56. The number of hydrogen-bond donors (Lipinski definition) is 1. The molecule has 0 spiro atoms. The molecular weight excluding hydrogens is 260 g/mol. The summed E-state index contributed by atoms with van der Waals surface area (Å²) in [4.78, 5) is 0.412. The van der Waals surface area contributed by atoms with Crippen LogP contribution in [0.4, 0.5) is 0 Å². The van der Waals surface area contributed by atoms with Crippen LogP contribution in [0.25, 0.3) is 0 Å². The Morgan fingerprint density at radius 2 is 1.95 bits per heavy atom. The van der Waals surface area contributed by atoms with Gasteiger partial charge in [0.1, 0.15) is 0 Å². The third kappa shape index (κ3) is 2.42. The number of hydrogen-bond acceptors (Lipinski definition) is 3. The highest BCUT2D eigenvalue weighted by atomic mass is 32.2. The molecule has 2 saturated heterocycles. The number of nitrogens with zero attached hydrogens (tertiary/aromatic N) is 1. The second-order valence-corrected chi connectivity index (χ2v) is 7.51. The Labute approximate surface area is 114 Å². The molecule has 3 rings (SSSR count). The summed E-state index contributed by atoms with van der Waals surface area (Å²) < 4.78 is 26.8. The van der Waals surface area contributed by atoms with Crippen molar-refractivity contribution in [3.63, 3.8) is 0 Å². The van der Waals surface area contributed by atoms with Crippen molar-refractivity contribution in [2.75, 3.05) is 19.6 Å². The average molecular weight is 280 g/mol. The molecule has 0 bridgehead atoms. The molecule has 1 aromatic carbocycles. The fraction of sp³-hybridized carbons (Fsp3) is 0.571. The van der Waals surface area contributed by atoms with Crippen molar-refractivity contribution >= 4 is 10.0 Å². The van der Waals surface area contributed by atoms with Crippen molar-refractivity contribution in [2.45, 2.75) is 30.7 Å². The van der Waals surface area contributed by atoms with E-state index in [0.29, 0.717) is 29.9 Å². The minimum Gasteiger partial charge on any atom is -0.312 e. The van der Waals surface area contributed by atoms with Crippen LogP contribution in [0.15, 0.2) is 29.2 Å². The smallest absolute Gasteiger partial charge is 0.243 e. The summed E-state index contributed by atoms with van der Waals surface area (Å²) in [6.45, 7) is 4.25. The number of nitrogens with one attached hydrogen (secondary N) is 1. The van der Waals surface area contributed by atoms with Gasteiger partial charge in [-0.3, -0.25) is 0 Å². The van der Waals surface area contributed by atoms with Gasteiger partial charge in [0.2, 0.25) is 10.0 Å². The van der Waals surface area contributed by atoms with E-state index in [-0.39, 0.29) is 0 Å². The van der Waals surface area contributed by atoms with Crippen LogP contribution < -0.4 is 5.32 Å². The number of benzene rings is 1. The van der Waals surface area contributed by atoms with Gasteiger partial charge in [-0.05, 0) is 44.4 Å². The summed E-state index contributed by atoms with van der Waals surface area (Å²) in [5, 5.41) is 3.42. The molecule has 19 heavy (non-hydrogen) atoms. The van der Waals surface area contributed by atoms with Gasteiger partial charge < -0.3 is 5.32 Å². The molecular formula is C14H20N2O2S. The SMILES string of the molecule is Cc1ccc(S(=O)(=O)N2CC[C@H]3CCN[C@H]3C2)cc1. The Hall–Kier alpha value is -0.910. The largest absolute Gasteiger partial charge is 0.312 e. The van der Waals surface area contributed by atoms with E-state index in [1.54, 1.807) is 16.4 Å². The van der Waals surface area contributed by atoms with Gasteiger partial charge in [-0.1, -0.05) is 17.7 Å². The van der Waals surface area contributed by atoms with Gasteiger partial charge in [0.05, 0.1) is 4.90 Å². The molecule has 2 aliphatic heterocycles. The fourth-order valence-electron chi connectivity index (χ4n) is 3.08. The predicted octanol–water partition coefficient (Wildman–Crippen LogP) is 1.37. The van der Waals surface area contributed by atoms with E-state index >= 15 is 0 Å². The van der Waals surface area contributed by atoms with Crippen molar-refractivity contribution in [3.8, 4) is 0 Å². The molecule has 0 saturated carbocycles. The van der Waals surface area contributed by atoms with Gasteiger partial charge in [0, 0.05) is 19.1 Å². The highest BCUT2D eigenvalue weighted by molar-refractivity contribution is 7.89. The lowest BCUT2D eigenvalue weighted by atomic mass is 9.94. The minimum absolute atomic E-state index is 0.342. The van der Waals surface area contributed by atoms with E-state index in [1.807, 2.05) is 19.1 Å². The first-order valence-electron chi connectivity index (χ1n) is 6.87. The van der Waals surface area contributed by atoms with Gasteiger partial charge >= 0.3 is 0 Å². The van der Waals surface area contributed by atoms with Crippen molar-refractivity contribution in [3.05, 3.63) is 29.8 Å². The predicted molar refractivity (Wildman–Crippen MR) is 74.5 cm³/mol. The lowest BCUT2D eigenvalue weighted by Crippen LogP contribution is -2.48. The van der Waals surface area contributed by atoms with Crippen molar-refractivity contribution < 1.29 is 8.42 Å². The van der Waals surface area contributed by atoms with E-state index in [0.717, 1.165) is 18.5 Å². The molecule has 2 aliphatic rings. The number of sulfonamides is 1. The molecule has 2 fully saturated rings. The monoisotopic (exact) mass is 280 g/mol. The number of rotatable bonds is 2. The third-order valence-electron chi connectivity index (χ3n) is 4.30. The van der Waals surface area contributed by atoms with E-state index < -0.39 is 10.0 Å². The molecule has 0 aliphatic carbocycles. The average Bonchev–Trinajstić information content (AvgIpc) is 2.86. The van der Waals surface area contributed by atoms with E-state index in [9.17, 15) is 8.42 Å². The standard InChI is InChI=1S/C14H20N2O2S/c1-11-2-4-13(5-3-11)19(17,18)16-9-7-12-6-8-15-14(12)10-16/h2-5,12,14-15H,6-10H2,1H3/t12-,14+/m1/s1. The molecule has 2 heterocycles. The summed E-state index contributed by atoms with van der Waals surface area (Å²) in [7, 11) is -3.32. The van der Waals surface area contributed by atoms with Gasteiger partial charge in [-0.15, -0.1) is 0 Å². The Morgan fingerprint density at radius 3 is 2.68 bits per heavy atom. The quantitative estimate of drug-likeness (QED) is 0.890. The summed E-state index contributed by atoms with van der Waals surface area (Å²) in [5.74, 6) is 0.657. The van der Waals surface area contributed by atoms with Gasteiger partial charge in [0.15, 0.2) is 0 Å². The van der Waals surface area contributed by atoms with Crippen LogP contribution in [-0.4, -0.2) is 38.4 Å². The Kier molecular flexibility index (Phi) is 3.37. The van der Waals surface area contributed by atoms with Gasteiger partial charge in [0.25, 0.3) is 0 Å². The van der Waals surface area contributed by atoms with Crippen LogP contribution in [0, 0.1) is 12.8 Å². The minimum atomic E-state index is -3.32. The maximum absolute atomic E-state index is 12.6. The lowest BCUT2D eigenvalue weighted by Gasteiger charge is -2.34. The summed E-state index contributed by atoms with van der Waals surface area (Å²) in [6, 6.07) is 7.47. The van der Waals surface area contributed by atoms with Gasteiger partial charge in [-0.2, -0.15) is 4.31 Å². The maximum Gasteiger partial charge on any atom is 0.243 e. The highest BCUT2D eigenvalue weighted by Gasteiger charge is 2.37. The summed E-state index contributed by atoms with van der Waals surface area (Å²) in [6.07, 6.45) is 2.16. The van der Waals surface area contributed by atoms with Crippen LogP contribution in [0.5, 0.6) is 0 Å². The van der Waals surface area contributed by atoms with Crippen LogP contribution in [0.2, 0.25) is 0 Å². The van der Waals surface area contributed by atoms with E-state index in [1.165, 1.54) is 6.42 Å². The summed E-state index contributed by atoms with van der Waals surface area (Å²) in [5.41, 5.74) is 1.08. The zero-order valence-electron chi connectivity index (χ0n) is 11.2. The van der Waals surface area contributed by atoms with Crippen LogP contribution in [-0.2, 0) is 10.0 Å². The third-order valence-corrected chi connectivity index (χ3v) is 6.18. The molecule has 5 heteroatoms. The molecule has 0 radical (unpaired) electrons. The molecule has 0 unspecified atom stereocenters. The number of fused-ring (bicyclic) bond motifs is 1. The summed E-state index contributed by atoms with van der Waals surface area (Å²) >= 11 is 0. The van der Waals surface area contributed by atoms with Crippen LogP contribution in [0.1, 0.15) is 18.4 Å². The molecule has 104 valence electrons. The Bertz CT molecular complexity index is 553. The first-order valence-corrected chi connectivity index (χ1v) is 8.31. The Balaban J connectivity index is 1.82. The number of aryl methyl sites for hydroxylation is 1.